The fourth-order valence-corrected chi connectivity index (χ4v) is 6.15. The molecule has 7 rings (SSSR count). The third-order valence-corrected chi connectivity index (χ3v) is 8.42. The number of imidazole rings is 1. The molecule has 0 bridgehead atoms. The summed E-state index contributed by atoms with van der Waals surface area (Å²) in [5.41, 5.74) is 7.01. The minimum absolute atomic E-state index is 0.176. The Balaban J connectivity index is 1.18. The molecule has 2 N–H and O–H groups in total. The summed E-state index contributed by atoms with van der Waals surface area (Å²) in [4.78, 5) is 16.8. The summed E-state index contributed by atoms with van der Waals surface area (Å²) >= 11 is 0. The fraction of sp³-hybridized carbons (Fsp3) is 0.200. The standard InChI is InChI=1S/C35H29N7O3/c36-20-22-6-8-23(9-7-22)30-16-12-26(35(43)44)18-27(30)21-45-29-14-10-24(11-15-29)34-37-31-19-25(33-38-40-41-39-33)13-17-32(31)42(34)28-4-2-1-3-5-28/h6-19,28H,1-5,21H2,(H,43,44)(H,38,39,40,41). The molecule has 1 fully saturated rings. The first-order chi connectivity index (χ1) is 22.1. The van der Waals surface area contributed by atoms with E-state index in [1.165, 1.54) is 19.3 Å². The van der Waals surface area contributed by atoms with Crippen LogP contribution in [-0.2, 0) is 6.61 Å². The molecule has 0 saturated heterocycles. The average molecular weight is 596 g/mol. The van der Waals surface area contributed by atoms with Crippen molar-refractivity contribution in [2.75, 3.05) is 0 Å². The van der Waals surface area contributed by atoms with E-state index in [1.54, 1.807) is 30.3 Å². The van der Waals surface area contributed by atoms with Crippen LogP contribution in [0, 0.1) is 11.3 Å². The molecule has 4 aromatic carbocycles. The minimum Gasteiger partial charge on any atom is -0.489 e. The van der Waals surface area contributed by atoms with E-state index in [-0.39, 0.29) is 12.2 Å². The third kappa shape index (κ3) is 5.63. The molecule has 0 atom stereocenters. The first-order valence-electron chi connectivity index (χ1n) is 14.9. The maximum atomic E-state index is 11.7. The van der Waals surface area contributed by atoms with Crippen LogP contribution < -0.4 is 4.74 Å². The number of benzene rings is 4. The molecule has 10 nitrogen and oxygen atoms in total. The summed E-state index contributed by atoms with van der Waals surface area (Å²) in [5, 5.41) is 33.2. The molecule has 0 aliphatic heterocycles. The van der Waals surface area contributed by atoms with Crippen molar-refractivity contribution < 1.29 is 14.6 Å². The molecule has 0 amide bonds. The van der Waals surface area contributed by atoms with Crippen LogP contribution in [0.25, 0.3) is 44.9 Å². The lowest BCUT2D eigenvalue weighted by molar-refractivity contribution is 0.0696. The molecule has 0 radical (unpaired) electrons. The molecular weight excluding hydrogens is 566 g/mol. The van der Waals surface area contributed by atoms with Gasteiger partial charge in [0.2, 0.25) is 5.82 Å². The molecule has 0 unspecified atom stereocenters. The maximum Gasteiger partial charge on any atom is 0.335 e. The highest BCUT2D eigenvalue weighted by atomic mass is 16.5. The number of carboxylic acid groups (broad SMARTS) is 1. The zero-order chi connectivity index (χ0) is 30.8. The first kappa shape index (κ1) is 28.0. The number of nitriles is 1. The van der Waals surface area contributed by atoms with Gasteiger partial charge in [-0.05, 0) is 101 Å². The summed E-state index contributed by atoms with van der Waals surface area (Å²) in [7, 11) is 0. The lowest BCUT2D eigenvalue weighted by Gasteiger charge is -2.25. The van der Waals surface area contributed by atoms with Crippen LogP contribution in [0.4, 0.5) is 0 Å². The average Bonchev–Trinajstić information content (AvgIpc) is 3.76. The molecule has 1 aliphatic rings. The second kappa shape index (κ2) is 12.1. The van der Waals surface area contributed by atoms with Crippen LogP contribution in [0.3, 0.4) is 0 Å². The lowest BCUT2D eigenvalue weighted by atomic mass is 9.95. The summed E-state index contributed by atoms with van der Waals surface area (Å²) in [5.74, 6) is 1.09. The SMILES string of the molecule is N#Cc1ccc(-c2ccc(C(=O)O)cc2COc2ccc(-c3nc4cc(-c5nn[nH]n5)ccc4n3C3CCCCC3)cc2)cc1. The number of aromatic nitrogens is 6. The number of carboxylic acids is 1. The molecular formula is C35H29N7O3. The van der Waals surface area contributed by atoms with Gasteiger partial charge in [0, 0.05) is 17.2 Å². The zero-order valence-corrected chi connectivity index (χ0v) is 24.3. The number of nitrogens with zero attached hydrogens (tertiary/aromatic N) is 6. The number of ether oxygens (including phenoxy) is 1. The second-order valence-corrected chi connectivity index (χ2v) is 11.2. The molecule has 6 aromatic rings. The lowest BCUT2D eigenvalue weighted by Crippen LogP contribution is -2.14. The molecule has 1 aliphatic carbocycles. The van der Waals surface area contributed by atoms with Gasteiger partial charge in [-0.1, -0.05) is 37.5 Å². The smallest absolute Gasteiger partial charge is 0.335 e. The van der Waals surface area contributed by atoms with Crippen LogP contribution in [0.2, 0.25) is 0 Å². The molecule has 222 valence electrons. The van der Waals surface area contributed by atoms with E-state index < -0.39 is 5.97 Å². The highest BCUT2D eigenvalue weighted by Gasteiger charge is 2.23. The maximum absolute atomic E-state index is 11.7. The third-order valence-electron chi connectivity index (χ3n) is 8.42. The van der Waals surface area contributed by atoms with Crippen LogP contribution in [0.15, 0.2) is 84.9 Å². The van der Waals surface area contributed by atoms with Crippen molar-refractivity contribution in [1.82, 2.24) is 30.2 Å². The van der Waals surface area contributed by atoms with Gasteiger partial charge in [0.1, 0.15) is 18.2 Å². The normalized spacial score (nSPS) is 13.5. The molecule has 45 heavy (non-hydrogen) atoms. The Bertz CT molecular complexity index is 2020. The van der Waals surface area contributed by atoms with Gasteiger partial charge in [-0.3, -0.25) is 0 Å². The van der Waals surface area contributed by atoms with Gasteiger partial charge < -0.3 is 14.4 Å². The van der Waals surface area contributed by atoms with Crippen molar-refractivity contribution in [3.05, 3.63) is 102 Å². The van der Waals surface area contributed by atoms with Crippen molar-refractivity contribution in [1.29, 1.82) is 5.26 Å². The monoisotopic (exact) mass is 595 g/mol. The zero-order valence-electron chi connectivity index (χ0n) is 24.3. The topological polar surface area (TPSA) is 143 Å². The van der Waals surface area contributed by atoms with Gasteiger partial charge in [0.15, 0.2) is 0 Å². The van der Waals surface area contributed by atoms with Gasteiger partial charge in [-0.2, -0.15) is 10.5 Å². The highest BCUT2D eigenvalue weighted by molar-refractivity contribution is 5.89. The van der Waals surface area contributed by atoms with Crippen molar-refractivity contribution in [3.8, 4) is 45.7 Å². The van der Waals surface area contributed by atoms with Gasteiger partial charge in [0.05, 0.1) is 28.2 Å². The van der Waals surface area contributed by atoms with E-state index in [0.29, 0.717) is 23.2 Å². The van der Waals surface area contributed by atoms with Gasteiger partial charge >= 0.3 is 5.97 Å². The van der Waals surface area contributed by atoms with Crippen molar-refractivity contribution >= 4 is 17.0 Å². The van der Waals surface area contributed by atoms with Crippen LogP contribution in [-0.4, -0.2) is 41.3 Å². The Hall–Kier alpha value is -5.82. The number of fused-ring (bicyclic) bond motifs is 1. The Morgan fingerprint density at radius 2 is 1.69 bits per heavy atom. The van der Waals surface area contributed by atoms with Gasteiger partial charge in [-0.15, -0.1) is 10.2 Å². The van der Waals surface area contributed by atoms with E-state index in [9.17, 15) is 15.2 Å². The fourth-order valence-electron chi connectivity index (χ4n) is 6.15. The quantitative estimate of drug-likeness (QED) is 0.188. The number of carbonyl (C=O) groups is 1. The summed E-state index contributed by atoms with van der Waals surface area (Å²) in [6, 6.07) is 28.7. The highest BCUT2D eigenvalue weighted by Crippen LogP contribution is 2.37. The number of aromatic carboxylic acids is 1. The van der Waals surface area contributed by atoms with Crippen LogP contribution in [0.1, 0.15) is 59.6 Å². The van der Waals surface area contributed by atoms with E-state index >= 15 is 0 Å². The van der Waals surface area contributed by atoms with E-state index in [2.05, 4.69) is 37.3 Å². The van der Waals surface area contributed by atoms with Crippen molar-refractivity contribution in [2.24, 2.45) is 0 Å². The summed E-state index contributed by atoms with van der Waals surface area (Å²) in [6.45, 7) is 0.176. The van der Waals surface area contributed by atoms with E-state index in [4.69, 9.17) is 9.72 Å². The Kier molecular flexibility index (Phi) is 7.49. The number of tetrazole rings is 1. The number of nitrogens with one attached hydrogen (secondary N) is 1. The Morgan fingerprint density at radius 3 is 2.40 bits per heavy atom. The van der Waals surface area contributed by atoms with Gasteiger partial charge in [-0.25, -0.2) is 9.78 Å². The van der Waals surface area contributed by atoms with Gasteiger partial charge in [0.25, 0.3) is 0 Å². The van der Waals surface area contributed by atoms with Crippen LogP contribution >= 0.6 is 0 Å². The molecule has 2 aromatic heterocycles. The van der Waals surface area contributed by atoms with Crippen molar-refractivity contribution in [2.45, 2.75) is 44.8 Å². The Labute approximate surface area is 258 Å². The number of aromatic amines is 1. The number of H-pyrrole nitrogens is 1. The number of hydrogen-bond donors (Lipinski definition) is 2. The number of hydrogen-bond acceptors (Lipinski definition) is 7. The van der Waals surface area contributed by atoms with Crippen molar-refractivity contribution in [3.63, 3.8) is 0 Å². The largest absolute Gasteiger partial charge is 0.489 e. The predicted molar refractivity (Wildman–Crippen MR) is 168 cm³/mol. The Morgan fingerprint density at radius 1 is 0.933 bits per heavy atom. The number of rotatable bonds is 8. The predicted octanol–water partition coefficient (Wildman–Crippen LogP) is 7.20. The second-order valence-electron chi connectivity index (χ2n) is 11.2. The molecule has 0 spiro atoms. The minimum atomic E-state index is -1.00. The van der Waals surface area contributed by atoms with E-state index in [0.717, 1.165) is 57.5 Å². The summed E-state index contributed by atoms with van der Waals surface area (Å²) in [6.07, 6.45) is 5.89. The van der Waals surface area contributed by atoms with Crippen LogP contribution in [0.5, 0.6) is 5.75 Å². The molecule has 10 heteroatoms. The summed E-state index contributed by atoms with van der Waals surface area (Å²) < 4.78 is 8.57. The molecule has 1 saturated carbocycles. The van der Waals surface area contributed by atoms with E-state index in [1.807, 2.05) is 48.5 Å². The molecule has 2 heterocycles. The first-order valence-corrected chi connectivity index (χ1v) is 14.9.